The van der Waals surface area contributed by atoms with Gasteiger partial charge >= 0.3 is 12.4 Å². The quantitative estimate of drug-likeness (QED) is 0.228. The lowest BCUT2D eigenvalue weighted by Gasteiger charge is -2.18. The predicted molar refractivity (Wildman–Crippen MR) is 119 cm³/mol. The monoisotopic (exact) mass is 532 g/mol. The van der Waals surface area contributed by atoms with Crippen molar-refractivity contribution >= 4 is 43.7 Å². The molecule has 0 aliphatic carbocycles. The zero-order valence-electron chi connectivity index (χ0n) is 17.5. The molecule has 0 aliphatic rings. The molecule has 0 fully saturated rings. The highest BCUT2D eigenvalue weighted by atomic mass is 32.2. The van der Waals surface area contributed by atoms with Crippen LogP contribution in [-0.2, 0) is 38.7 Å². The number of benzene rings is 4. The highest BCUT2D eigenvalue weighted by Gasteiger charge is 2.32. The van der Waals surface area contributed by atoms with Gasteiger partial charge in [0.1, 0.15) is 0 Å². The summed E-state index contributed by atoms with van der Waals surface area (Å²) in [6, 6.07) is 10.5. The summed E-state index contributed by atoms with van der Waals surface area (Å²) in [7, 11) is 1.13. The van der Waals surface area contributed by atoms with E-state index in [2.05, 4.69) is 0 Å². The molecule has 0 aliphatic heterocycles. The van der Waals surface area contributed by atoms with Crippen LogP contribution in [0, 0.1) is 0 Å². The van der Waals surface area contributed by atoms with Gasteiger partial charge in [0.05, 0.1) is 28.0 Å². The molecule has 2 atom stereocenters. The van der Waals surface area contributed by atoms with E-state index in [4.69, 9.17) is 4.18 Å². The molecule has 0 spiro atoms. The lowest BCUT2D eigenvalue weighted by atomic mass is 9.92. The van der Waals surface area contributed by atoms with E-state index in [9.17, 15) is 39.3 Å². The van der Waals surface area contributed by atoms with Crippen LogP contribution in [-0.4, -0.2) is 20.1 Å². The van der Waals surface area contributed by atoms with Crippen LogP contribution in [0.25, 0.3) is 32.7 Å². The summed E-state index contributed by atoms with van der Waals surface area (Å²) < 4.78 is 119. The van der Waals surface area contributed by atoms with Gasteiger partial charge in [-0.3, -0.25) is 4.18 Å². The van der Waals surface area contributed by atoms with Crippen molar-refractivity contribution in [3.05, 3.63) is 71.8 Å². The Kier molecular flexibility index (Phi) is 6.51. The fourth-order valence-electron chi connectivity index (χ4n) is 3.86. The van der Waals surface area contributed by atoms with Crippen molar-refractivity contribution in [2.45, 2.75) is 22.1 Å². The Morgan fingerprint density at radius 1 is 0.686 bits per heavy atom. The summed E-state index contributed by atoms with van der Waals surface area (Å²) in [5.41, 5.74) is -1.93. The molecule has 4 rings (SSSR count). The molecule has 35 heavy (non-hydrogen) atoms. The lowest BCUT2D eigenvalue weighted by Crippen LogP contribution is -2.06. The summed E-state index contributed by atoms with van der Waals surface area (Å²) >= 11 is -4.79. The normalized spacial score (nSPS) is 14.4. The van der Waals surface area contributed by atoms with Crippen molar-refractivity contribution in [1.82, 2.24) is 0 Å². The van der Waals surface area contributed by atoms with E-state index in [1.54, 1.807) is 0 Å². The number of hydrogen-bond acceptors (Lipinski definition) is 3. The van der Waals surface area contributed by atoms with E-state index in [0.29, 0.717) is 0 Å². The van der Waals surface area contributed by atoms with Gasteiger partial charge in [-0.1, -0.05) is 24.3 Å². The Bertz CT molecular complexity index is 1510. The van der Waals surface area contributed by atoms with Crippen LogP contribution in [0.5, 0.6) is 0 Å². The summed E-state index contributed by atoms with van der Waals surface area (Å²) in [6.45, 7) is 0. The van der Waals surface area contributed by atoms with Gasteiger partial charge in [0.2, 0.25) is 0 Å². The van der Waals surface area contributed by atoms with Gasteiger partial charge in [-0.25, -0.2) is 8.42 Å². The zero-order valence-corrected chi connectivity index (χ0v) is 19.2. The molecule has 4 nitrogen and oxygen atoms in total. The average Bonchev–Trinajstić information content (AvgIpc) is 2.80. The number of fused-ring (bicyclic) bond motifs is 2. The molecule has 4 aromatic rings. The van der Waals surface area contributed by atoms with Crippen LogP contribution in [0.3, 0.4) is 0 Å². The Morgan fingerprint density at radius 2 is 1.11 bits per heavy atom. The molecule has 0 saturated heterocycles. The van der Waals surface area contributed by atoms with Gasteiger partial charge < -0.3 is 4.55 Å². The van der Waals surface area contributed by atoms with E-state index < -0.39 is 45.6 Å². The fourth-order valence-corrected chi connectivity index (χ4v) is 5.17. The summed E-state index contributed by atoms with van der Waals surface area (Å²) in [4.78, 5) is -0.252. The van der Waals surface area contributed by atoms with E-state index in [0.717, 1.165) is 49.6 Å². The third kappa shape index (κ3) is 4.70. The molecular weight excluding hydrogens is 518 g/mol. The average molecular weight is 532 g/mol. The van der Waals surface area contributed by atoms with Gasteiger partial charge in [0.25, 0.3) is 0 Å². The van der Waals surface area contributed by atoms with E-state index in [-0.39, 0.29) is 42.5 Å². The van der Waals surface area contributed by atoms with Crippen molar-refractivity contribution in [2.75, 3.05) is 7.11 Å². The first-order chi connectivity index (χ1) is 16.3. The number of halogens is 6. The van der Waals surface area contributed by atoms with Crippen molar-refractivity contribution in [1.29, 1.82) is 0 Å². The second kappa shape index (κ2) is 9.01. The largest absolute Gasteiger partial charge is 0.416 e. The molecular formula is C23H14F6O4S2. The molecule has 0 heterocycles. The minimum absolute atomic E-state index is 0.0131. The Morgan fingerprint density at radius 3 is 1.51 bits per heavy atom. The Balaban J connectivity index is 2.18. The van der Waals surface area contributed by atoms with E-state index in [1.165, 1.54) is 18.2 Å². The molecule has 0 saturated carbocycles. The molecule has 4 aromatic carbocycles. The van der Waals surface area contributed by atoms with Gasteiger partial charge in [0.15, 0.2) is 22.2 Å². The standard InChI is InChI=1S/C23H14F6O4S2/c1-33-35(32)19-9-3-13-11-15(23(27,28)29)5-7-17(13)21(19)20-16-6-4-14(22(24,25)26)10-12(16)2-8-18(20)34(30)31/h2-11H,1H3,(H,30,31). The topological polar surface area (TPSA) is 63.6 Å². The predicted octanol–water partition coefficient (Wildman–Crippen LogP) is 6.95. The second-order valence-electron chi connectivity index (χ2n) is 7.40. The van der Waals surface area contributed by atoms with Crippen LogP contribution in [0.4, 0.5) is 26.3 Å². The van der Waals surface area contributed by atoms with Gasteiger partial charge in [-0.2, -0.15) is 26.3 Å². The minimum Gasteiger partial charge on any atom is -0.302 e. The SMILES string of the molecule is COS(=O)c1ccc2cc(C(F)(F)F)ccc2c1-c1c(S(=O)O)ccc2cc(C(F)(F)F)ccc12. The molecule has 2 unspecified atom stereocenters. The van der Waals surface area contributed by atoms with Crippen molar-refractivity contribution in [3.8, 4) is 11.1 Å². The maximum atomic E-state index is 13.3. The summed E-state index contributed by atoms with van der Waals surface area (Å²) in [6.07, 6.45) is -9.30. The number of hydrogen-bond donors (Lipinski definition) is 1. The van der Waals surface area contributed by atoms with Crippen LogP contribution >= 0.6 is 0 Å². The highest BCUT2D eigenvalue weighted by Crippen LogP contribution is 2.43. The first-order valence-corrected chi connectivity index (χ1v) is 11.9. The van der Waals surface area contributed by atoms with Gasteiger partial charge in [0, 0.05) is 11.1 Å². The Hall–Kier alpha value is -2.80. The smallest absolute Gasteiger partial charge is 0.302 e. The van der Waals surface area contributed by atoms with Crippen LogP contribution < -0.4 is 0 Å². The number of alkyl halides is 6. The second-order valence-corrected chi connectivity index (χ2v) is 9.58. The summed E-state index contributed by atoms with van der Waals surface area (Å²) in [5, 5.41) is 0.381. The maximum Gasteiger partial charge on any atom is 0.416 e. The van der Waals surface area contributed by atoms with Crippen molar-refractivity contribution in [2.24, 2.45) is 0 Å². The zero-order chi connectivity index (χ0) is 25.7. The Labute approximate surface area is 199 Å². The van der Waals surface area contributed by atoms with Gasteiger partial charge in [-0.05, 0) is 57.9 Å². The molecule has 0 radical (unpaired) electrons. The van der Waals surface area contributed by atoms with Crippen LogP contribution in [0.15, 0.2) is 70.5 Å². The molecule has 0 bridgehead atoms. The van der Waals surface area contributed by atoms with Crippen LogP contribution in [0.1, 0.15) is 11.1 Å². The summed E-state index contributed by atoms with van der Waals surface area (Å²) in [5.74, 6) is 0. The minimum atomic E-state index is -4.65. The fraction of sp³-hybridized carbons (Fsp3) is 0.130. The first kappa shape index (κ1) is 25.3. The molecule has 12 heteroatoms. The van der Waals surface area contributed by atoms with Crippen molar-refractivity contribution < 1.29 is 43.5 Å². The van der Waals surface area contributed by atoms with E-state index in [1.807, 2.05) is 0 Å². The highest BCUT2D eigenvalue weighted by molar-refractivity contribution is 7.80. The lowest BCUT2D eigenvalue weighted by molar-refractivity contribution is -0.138. The number of rotatable bonds is 4. The first-order valence-electron chi connectivity index (χ1n) is 9.68. The molecule has 0 aromatic heterocycles. The third-order valence-corrected chi connectivity index (χ3v) is 7.11. The molecule has 0 amide bonds. The van der Waals surface area contributed by atoms with Crippen LogP contribution in [0.2, 0.25) is 0 Å². The van der Waals surface area contributed by atoms with Gasteiger partial charge in [-0.15, -0.1) is 0 Å². The maximum absolute atomic E-state index is 13.3. The van der Waals surface area contributed by atoms with E-state index >= 15 is 0 Å². The van der Waals surface area contributed by atoms with Crippen molar-refractivity contribution in [3.63, 3.8) is 0 Å². The molecule has 184 valence electrons. The molecule has 1 N–H and O–H groups in total. The third-order valence-electron chi connectivity index (χ3n) is 5.39.